The summed E-state index contributed by atoms with van der Waals surface area (Å²) in [6, 6.07) is 4.04. The van der Waals surface area contributed by atoms with Crippen LogP contribution < -0.4 is 16.0 Å². The lowest BCUT2D eigenvalue weighted by atomic mass is 10.1. The molecule has 1 heterocycles. The van der Waals surface area contributed by atoms with Crippen molar-refractivity contribution in [3.63, 3.8) is 0 Å². The third kappa shape index (κ3) is 8.12. The number of hydrogen-bond donors (Lipinski definition) is 3. The average Bonchev–Trinajstić information content (AvgIpc) is 2.73. The number of rotatable bonds is 11. The van der Waals surface area contributed by atoms with Crippen molar-refractivity contribution in [3.05, 3.63) is 23.2 Å². The molecule has 1 aliphatic heterocycles. The number of ether oxygens (including phenoxy) is 1. The summed E-state index contributed by atoms with van der Waals surface area (Å²) in [6.07, 6.45) is 2.65. The second-order valence-corrected chi connectivity index (χ2v) is 8.00. The predicted octanol–water partition coefficient (Wildman–Crippen LogP) is 2.55. The lowest BCUT2D eigenvalue weighted by Crippen LogP contribution is -2.57. The standard InChI is InChI=1S/C22H31ClN4O5/c1-3-5-11-32-21(30)13-18-22(31)24-9-10-27(18)14-20(29)26-17-12-15(7-8-16(17)23)25-19(28)6-4-2/h7-8,12,18H,3-6,9-11,13-14H2,1-2H3,(H,24,31)(H,25,28)(H,26,29). The summed E-state index contributed by atoms with van der Waals surface area (Å²) < 4.78 is 5.16. The lowest BCUT2D eigenvalue weighted by Gasteiger charge is -2.33. The molecule has 0 aromatic heterocycles. The summed E-state index contributed by atoms with van der Waals surface area (Å²) >= 11 is 6.20. The molecule has 0 saturated carbocycles. The van der Waals surface area contributed by atoms with E-state index < -0.39 is 12.0 Å². The maximum Gasteiger partial charge on any atom is 0.307 e. The first-order chi connectivity index (χ1) is 15.3. The number of esters is 1. The van der Waals surface area contributed by atoms with Crippen LogP contribution in [-0.4, -0.2) is 60.9 Å². The molecular formula is C22H31ClN4O5. The Morgan fingerprint density at radius 1 is 1.19 bits per heavy atom. The van der Waals surface area contributed by atoms with Gasteiger partial charge < -0.3 is 20.7 Å². The number of carbonyl (C=O) groups is 4. The van der Waals surface area contributed by atoms with Crippen molar-refractivity contribution in [2.75, 3.05) is 36.9 Å². The van der Waals surface area contributed by atoms with Gasteiger partial charge in [0.05, 0.1) is 30.3 Å². The van der Waals surface area contributed by atoms with Crippen LogP contribution in [0.25, 0.3) is 0 Å². The highest BCUT2D eigenvalue weighted by atomic mass is 35.5. The van der Waals surface area contributed by atoms with Gasteiger partial charge in [-0.2, -0.15) is 0 Å². The van der Waals surface area contributed by atoms with Gasteiger partial charge in [-0.1, -0.05) is 31.9 Å². The minimum Gasteiger partial charge on any atom is -0.466 e. The summed E-state index contributed by atoms with van der Waals surface area (Å²) in [5.41, 5.74) is 0.871. The number of nitrogens with one attached hydrogen (secondary N) is 3. The molecule has 1 unspecified atom stereocenters. The average molecular weight is 467 g/mol. The summed E-state index contributed by atoms with van der Waals surface area (Å²) in [7, 11) is 0. The first kappa shape index (κ1) is 25.6. The second-order valence-electron chi connectivity index (χ2n) is 7.60. The maximum absolute atomic E-state index is 12.7. The van der Waals surface area contributed by atoms with Crippen LogP contribution in [0.5, 0.6) is 0 Å². The van der Waals surface area contributed by atoms with Crippen LogP contribution in [0, 0.1) is 0 Å². The van der Waals surface area contributed by atoms with E-state index in [4.69, 9.17) is 16.3 Å². The monoisotopic (exact) mass is 466 g/mol. The highest BCUT2D eigenvalue weighted by molar-refractivity contribution is 6.33. The Bertz CT molecular complexity index is 833. The van der Waals surface area contributed by atoms with Gasteiger partial charge in [0.1, 0.15) is 6.04 Å². The van der Waals surface area contributed by atoms with E-state index >= 15 is 0 Å². The van der Waals surface area contributed by atoms with E-state index in [1.807, 2.05) is 13.8 Å². The zero-order valence-electron chi connectivity index (χ0n) is 18.5. The number of halogens is 1. The smallest absolute Gasteiger partial charge is 0.307 e. The maximum atomic E-state index is 12.7. The molecule has 1 aromatic rings. The molecule has 0 aliphatic carbocycles. The summed E-state index contributed by atoms with van der Waals surface area (Å²) in [4.78, 5) is 50.5. The Balaban J connectivity index is 1.99. The molecule has 10 heteroatoms. The van der Waals surface area contributed by atoms with E-state index in [-0.39, 0.29) is 30.7 Å². The summed E-state index contributed by atoms with van der Waals surface area (Å²) in [6.45, 7) is 4.92. The number of piperazine rings is 1. The fourth-order valence-corrected chi connectivity index (χ4v) is 3.41. The largest absolute Gasteiger partial charge is 0.466 e. The number of amides is 3. The molecule has 1 aliphatic rings. The Labute approximate surface area is 193 Å². The van der Waals surface area contributed by atoms with Gasteiger partial charge in [-0.3, -0.25) is 24.1 Å². The number of carbonyl (C=O) groups excluding carboxylic acids is 4. The van der Waals surface area contributed by atoms with Crippen molar-refractivity contribution in [2.24, 2.45) is 0 Å². The molecule has 3 N–H and O–H groups in total. The van der Waals surface area contributed by atoms with Crippen molar-refractivity contribution < 1.29 is 23.9 Å². The highest BCUT2D eigenvalue weighted by Gasteiger charge is 2.33. The number of hydrogen-bond acceptors (Lipinski definition) is 6. The van der Waals surface area contributed by atoms with E-state index in [9.17, 15) is 19.2 Å². The van der Waals surface area contributed by atoms with Crippen molar-refractivity contribution in [3.8, 4) is 0 Å². The molecule has 1 saturated heterocycles. The zero-order chi connectivity index (χ0) is 23.5. The van der Waals surface area contributed by atoms with Crippen molar-refractivity contribution >= 4 is 46.7 Å². The van der Waals surface area contributed by atoms with Crippen LogP contribution >= 0.6 is 11.6 Å². The molecule has 176 valence electrons. The van der Waals surface area contributed by atoms with Crippen LogP contribution in [-0.2, 0) is 23.9 Å². The normalized spacial score (nSPS) is 16.2. The summed E-state index contributed by atoms with van der Waals surface area (Å²) in [5, 5.41) is 8.52. The van der Waals surface area contributed by atoms with Gasteiger partial charge in [-0.05, 0) is 31.0 Å². The fraction of sp³-hybridized carbons (Fsp3) is 0.545. The van der Waals surface area contributed by atoms with Crippen molar-refractivity contribution in [1.29, 1.82) is 0 Å². The molecular weight excluding hydrogens is 436 g/mol. The van der Waals surface area contributed by atoms with Gasteiger partial charge in [0.15, 0.2) is 0 Å². The van der Waals surface area contributed by atoms with Gasteiger partial charge >= 0.3 is 5.97 Å². The quantitative estimate of drug-likeness (QED) is 0.341. The predicted molar refractivity (Wildman–Crippen MR) is 122 cm³/mol. The third-order valence-electron chi connectivity index (χ3n) is 4.91. The van der Waals surface area contributed by atoms with E-state index in [1.54, 1.807) is 23.1 Å². The Kier molecular flexibility index (Phi) is 10.4. The number of unbranched alkanes of at least 4 members (excludes halogenated alkanes) is 1. The van der Waals surface area contributed by atoms with Crippen molar-refractivity contribution in [2.45, 2.75) is 52.0 Å². The minimum absolute atomic E-state index is 0.0942. The molecule has 1 fully saturated rings. The van der Waals surface area contributed by atoms with Gasteiger partial charge in [-0.25, -0.2) is 0 Å². The molecule has 32 heavy (non-hydrogen) atoms. The molecule has 0 radical (unpaired) electrons. The van der Waals surface area contributed by atoms with Gasteiger partial charge in [0.2, 0.25) is 17.7 Å². The van der Waals surface area contributed by atoms with E-state index in [2.05, 4.69) is 16.0 Å². The molecule has 3 amide bonds. The number of anilines is 2. The number of benzene rings is 1. The van der Waals surface area contributed by atoms with Crippen LogP contribution in [0.15, 0.2) is 18.2 Å². The molecule has 9 nitrogen and oxygen atoms in total. The SMILES string of the molecule is CCCCOC(=O)CC1C(=O)NCCN1CC(=O)Nc1cc(NC(=O)CCC)ccc1Cl. The van der Waals surface area contributed by atoms with Gasteiger partial charge in [0.25, 0.3) is 0 Å². The second kappa shape index (κ2) is 13.0. The first-order valence-electron chi connectivity index (χ1n) is 10.9. The van der Waals surface area contributed by atoms with Crippen LogP contribution in [0.2, 0.25) is 5.02 Å². The Morgan fingerprint density at radius 3 is 2.69 bits per heavy atom. The summed E-state index contributed by atoms with van der Waals surface area (Å²) in [5.74, 6) is -1.29. The lowest BCUT2D eigenvalue weighted by molar-refractivity contribution is -0.149. The molecule has 1 aromatic carbocycles. The highest BCUT2D eigenvalue weighted by Crippen LogP contribution is 2.26. The van der Waals surface area contributed by atoms with E-state index in [1.165, 1.54) is 0 Å². The third-order valence-corrected chi connectivity index (χ3v) is 5.24. The molecule has 0 bridgehead atoms. The van der Waals surface area contributed by atoms with Crippen molar-refractivity contribution in [1.82, 2.24) is 10.2 Å². The fourth-order valence-electron chi connectivity index (χ4n) is 3.24. The van der Waals surface area contributed by atoms with Crippen LogP contribution in [0.4, 0.5) is 11.4 Å². The van der Waals surface area contributed by atoms with Gasteiger partial charge in [0, 0.05) is 25.2 Å². The number of nitrogens with zero attached hydrogens (tertiary/aromatic N) is 1. The van der Waals surface area contributed by atoms with E-state index in [0.29, 0.717) is 42.5 Å². The first-order valence-corrected chi connectivity index (χ1v) is 11.3. The van der Waals surface area contributed by atoms with Crippen LogP contribution in [0.3, 0.4) is 0 Å². The molecule has 0 spiro atoms. The van der Waals surface area contributed by atoms with E-state index in [0.717, 1.165) is 19.3 Å². The minimum atomic E-state index is -0.779. The zero-order valence-corrected chi connectivity index (χ0v) is 19.3. The topological polar surface area (TPSA) is 117 Å². The molecule has 2 rings (SSSR count). The van der Waals surface area contributed by atoms with Gasteiger partial charge in [-0.15, -0.1) is 0 Å². The molecule has 1 atom stereocenters. The Hall–Kier alpha value is -2.65. The Morgan fingerprint density at radius 2 is 1.97 bits per heavy atom. The van der Waals surface area contributed by atoms with Crippen LogP contribution in [0.1, 0.15) is 46.0 Å².